The molecule has 0 atom stereocenters. The Hall–Kier alpha value is -1.77. The topological polar surface area (TPSA) is 49.3 Å². The smallest absolute Gasteiger partial charge is 0.247 e. The second-order valence-corrected chi connectivity index (χ2v) is 7.10. The van der Waals surface area contributed by atoms with Crippen LogP contribution in [0.4, 0.5) is 5.69 Å². The van der Waals surface area contributed by atoms with Gasteiger partial charge in [0, 0.05) is 16.8 Å². The van der Waals surface area contributed by atoms with Gasteiger partial charge in [-0.1, -0.05) is 48.1 Å². The number of hydrogen-bond acceptors (Lipinski definition) is 2. The van der Waals surface area contributed by atoms with Crippen LogP contribution in [-0.4, -0.2) is 11.0 Å². The monoisotopic (exact) mass is 289 g/mol. The fourth-order valence-electron chi connectivity index (χ4n) is 2.18. The predicted octanol–water partition coefficient (Wildman–Crippen LogP) is 4.50. The van der Waals surface area contributed by atoms with E-state index in [-0.39, 0.29) is 16.7 Å². The fraction of sp³-hybridized carbons (Fsp3) is 0.500. The summed E-state index contributed by atoms with van der Waals surface area (Å²) in [6, 6.07) is 3.70. The van der Waals surface area contributed by atoms with Gasteiger partial charge >= 0.3 is 0 Å². The Morgan fingerprint density at radius 1 is 1.24 bits per heavy atom. The van der Waals surface area contributed by atoms with E-state index in [1.807, 2.05) is 32.9 Å². The lowest BCUT2D eigenvalue weighted by atomic mass is 9.77. The Morgan fingerprint density at radius 3 is 2.19 bits per heavy atom. The number of carbonyl (C=O) groups excluding carboxylic acids is 1. The molecule has 0 saturated carbocycles. The molecule has 0 spiro atoms. The SMILES string of the molecule is C=CC(=O)Nc1cc(C(C)(C)C)c(O)c(C(C)(C)CC)c1. The molecule has 0 heterocycles. The number of nitrogens with one attached hydrogen (secondary N) is 1. The zero-order chi connectivity index (χ0) is 16.4. The first-order chi connectivity index (χ1) is 9.52. The molecule has 0 aliphatic heterocycles. The molecular formula is C18H27NO2. The molecule has 0 aliphatic carbocycles. The average Bonchev–Trinajstić information content (AvgIpc) is 2.38. The quantitative estimate of drug-likeness (QED) is 0.633. The van der Waals surface area contributed by atoms with Gasteiger partial charge in [-0.25, -0.2) is 0 Å². The van der Waals surface area contributed by atoms with Crippen LogP contribution in [0.25, 0.3) is 0 Å². The molecule has 3 heteroatoms. The van der Waals surface area contributed by atoms with Crippen LogP contribution in [0.2, 0.25) is 0 Å². The molecule has 1 aromatic carbocycles. The van der Waals surface area contributed by atoms with Crippen molar-refractivity contribution < 1.29 is 9.90 Å². The summed E-state index contributed by atoms with van der Waals surface area (Å²) >= 11 is 0. The number of rotatable bonds is 4. The van der Waals surface area contributed by atoms with Crippen molar-refractivity contribution in [2.45, 2.75) is 58.8 Å². The van der Waals surface area contributed by atoms with Crippen molar-refractivity contribution in [2.24, 2.45) is 0 Å². The van der Waals surface area contributed by atoms with Crippen LogP contribution in [0.3, 0.4) is 0 Å². The number of benzene rings is 1. The molecular weight excluding hydrogens is 262 g/mol. The molecule has 1 rings (SSSR count). The molecule has 1 amide bonds. The van der Waals surface area contributed by atoms with Crippen molar-refractivity contribution in [1.29, 1.82) is 0 Å². The van der Waals surface area contributed by atoms with Gasteiger partial charge in [0.15, 0.2) is 0 Å². The fourth-order valence-corrected chi connectivity index (χ4v) is 2.18. The highest BCUT2D eigenvalue weighted by Gasteiger charge is 2.28. The largest absolute Gasteiger partial charge is 0.507 e. The molecule has 0 fully saturated rings. The maximum atomic E-state index is 11.6. The zero-order valence-electron chi connectivity index (χ0n) is 14.0. The Labute approximate surface area is 128 Å². The van der Waals surface area contributed by atoms with Gasteiger partial charge in [0.1, 0.15) is 5.75 Å². The Kier molecular flexibility index (Phi) is 4.87. The first-order valence-electron chi connectivity index (χ1n) is 7.34. The van der Waals surface area contributed by atoms with Crippen LogP contribution in [-0.2, 0) is 15.6 Å². The lowest BCUT2D eigenvalue weighted by molar-refractivity contribution is -0.111. The standard InChI is InChI=1S/C18H27NO2/c1-8-15(20)19-12-10-13(17(3,4)5)16(21)14(11-12)18(6,7)9-2/h8,10-11,21H,1,9H2,2-7H3,(H,19,20). The van der Waals surface area contributed by atoms with E-state index < -0.39 is 0 Å². The molecule has 2 N–H and O–H groups in total. The minimum absolute atomic E-state index is 0.168. The molecule has 116 valence electrons. The number of phenols is 1. The van der Waals surface area contributed by atoms with Gasteiger partial charge in [-0.15, -0.1) is 0 Å². The summed E-state index contributed by atoms with van der Waals surface area (Å²) < 4.78 is 0. The minimum Gasteiger partial charge on any atom is -0.507 e. The lowest BCUT2D eigenvalue weighted by Gasteiger charge is -2.30. The van der Waals surface area contributed by atoms with E-state index in [9.17, 15) is 9.90 Å². The summed E-state index contributed by atoms with van der Waals surface area (Å²) in [5.74, 6) is 0.0757. The number of aromatic hydroxyl groups is 1. The van der Waals surface area contributed by atoms with E-state index in [0.29, 0.717) is 11.4 Å². The van der Waals surface area contributed by atoms with E-state index in [0.717, 1.165) is 17.5 Å². The van der Waals surface area contributed by atoms with E-state index in [1.165, 1.54) is 6.08 Å². The normalized spacial score (nSPS) is 12.1. The van der Waals surface area contributed by atoms with Crippen molar-refractivity contribution in [1.82, 2.24) is 0 Å². The highest BCUT2D eigenvalue weighted by Crippen LogP contribution is 2.42. The Morgan fingerprint density at radius 2 is 1.76 bits per heavy atom. The van der Waals surface area contributed by atoms with Crippen molar-refractivity contribution in [3.05, 3.63) is 35.9 Å². The average molecular weight is 289 g/mol. The molecule has 0 unspecified atom stereocenters. The summed E-state index contributed by atoms with van der Waals surface area (Å²) in [5.41, 5.74) is 2.01. The first kappa shape index (κ1) is 17.3. The van der Waals surface area contributed by atoms with Crippen molar-refractivity contribution >= 4 is 11.6 Å². The third kappa shape index (κ3) is 3.87. The Balaban J connectivity index is 3.53. The van der Waals surface area contributed by atoms with Crippen LogP contribution in [0.15, 0.2) is 24.8 Å². The second-order valence-electron chi connectivity index (χ2n) is 7.10. The molecule has 21 heavy (non-hydrogen) atoms. The maximum Gasteiger partial charge on any atom is 0.247 e. The lowest BCUT2D eigenvalue weighted by Crippen LogP contribution is -2.20. The van der Waals surface area contributed by atoms with E-state index >= 15 is 0 Å². The van der Waals surface area contributed by atoms with E-state index in [2.05, 4.69) is 32.7 Å². The van der Waals surface area contributed by atoms with Crippen molar-refractivity contribution in [3.8, 4) is 5.75 Å². The van der Waals surface area contributed by atoms with Gasteiger partial charge in [0.25, 0.3) is 0 Å². The van der Waals surface area contributed by atoms with Gasteiger partial charge in [0.2, 0.25) is 5.91 Å². The van der Waals surface area contributed by atoms with Gasteiger partial charge in [-0.2, -0.15) is 0 Å². The van der Waals surface area contributed by atoms with Crippen molar-refractivity contribution in [2.75, 3.05) is 5.32 Å². The predicted molar refractivity (Wildman–Crippen MR) is 89.0 cm³/mol. The molecule has 3 nitrogen and oxygen atoms in total. The first-order valence-corrected chi connectivity index (χ1v) is 7.34. The van der Waals surface area contributed by atoms with Crippen LogP contribution in [0.1, 0.15) is 59.1 Å². The highest BCUT2D eigenvalue weighted by molar-refractivity contribution is 5.99. The maximum absolute atomic E-state index is 11.6. The third-order valence-corrected chi connectivity index (χ3v) is 3.98. The van der Waals surface area contributed by atoms with E-state index in [1.54, 1.807) is 0 Å². The van der Waals surface area contributed by atoms with Crippen LogP contribution >= 0.6 is 0 Å². The zero-order valence-corrected chi connectivity index (χ0v) is 14.0. The number of phenolic OH excluding ortho intramolecular Hbond substituents is 1. The minimum atomic E-state index is -0.249. The van der Waals surface area contributed by atoms with Gasteiger partial charge in [-0.3, -0.25) is 4.79 Å². The number of hydrogen-bond donors (Lipinski definition) is 2. The third-order valence-electron chi connectivity index (χ3n) is 3.98. The van der Waals surface area contributed by atoms with Gasteiger partial charge < -0.3 is 10.4 Å². The molecule has 0 aliphatic rings. The van der Waals surface area contributed by atoms with E-state index in [4.69, 9.17) is 0 Å². The summed E-state index contributed by atoms with van der Waals surface area (Å²) in [5, 5.41) is 13.5. The number of amides is 1. The van der Waals surface area contributed by atoms with Crippen molar-refractivity contribution in [3.63, 3.8) is 0 Å². The second kappa shape index (κ2) is 5.92. The molecule has 0 bridgehead atoms. The van der Waals surface area contributed by atoms with Gasteiger partial charge in [-0.05, 0) is 35.5 Å². The highest BCUT2D eigenvalue weighted by atomic mass is 16.3. The van der Waals surface area contributed by atoms with Crippen LogP contribution in [0, 0.1) is 0 Å². The Bertz CT molecular complexity index is 551. The summed E-state index contributed by atoms with van der Waals surface area (Å²) in [4.78, 5) is 11.6. The molecule has 1 aromatic rings. The summed E-state index contributed by atoms with van der Waals surface area (Å²) in [6.45, 7) is 15.9. The van der Waals surface area contributed by atoms with Crippen LogP contribution in [0.5, 0.6) is 5.75 Å². The van der Waals surface area contributed by atoms with Gasteiger partial charge in [0.05, 0.1) is 0 Å². The summed E-state index contributed by atoms with van der Waals surface area (Å²) in [6.07, 6.45) is 2.14. The summed E-state index contributed by atoms with van der Waals surface area (Å²) in [7, 11) is 0. The molecule has 0 radical (unpaired) electrons. The number of carbonyl (C=O) groups is 1. The molecule has 0 saturated heterocycles. The molecule has 0 aromatic heterocycles. The van der Waals surface area contributed by atoms with Crippen LogP contribution < -0.4 is 5.32 Å². The number of anilines is 1.